The first kappa shape index (κ1) is 13.6. The Morgan fingerprint density at radius 1 is 1.33 bits per heavy atom. The van der Waals surface area contributed by atoms with E-state index in [1.807, 2.05) is 17.8 Å². The van der Waals surface area contributed by atoms with E-state index in [0.29, 0.717) is 5.92 Å². The fourth-order valence-electron chi connectivity index (χ4n) is 1.95. The lowest BCUT2D eigenvalue weighted by Crippen LogP contribution is -2.03. The zero-order valence-corrected chi connectivity index (χ0v) is 12.3. The highest BCUT2D eigenvalue weighted by Gasteiger charge is 2.22. The number of hydrogen-bond acceptors (Lipinski definition) is 3. The van der Waals surface area contributed by atoms with Crippen molar-refractivity contribution < 1.29 is 9.47 Å². The first-order chi connectivity index (χ1) is 8.74. The fourth-order valence-corrected chi connectivity index (χ4v) is 2.64. The molecule has 0 aromatic heterocycles. The minimum Gasteiger partial charge on any atom is -0.493 e. The van der Waals surface area contributed by atoms with Crippen molar-refractivity contribution in [3.63, 3.8) is 0 Å². The number of thioether (sulfide) groups is 1. The molecule has 0 saturated heterocycles. The number of benzene rings is 1. The van der Waals surface area contributed by atoms with Crippen molar-refractivity contribution in [1.29, 1.82) is 0 Å². The normalized spacial score (nSPS) is 16.4. The van der Waals surface area contributed by atoms with Gasteiger partial charge < -0.3 is 9.47 Å². The minimum absolute atomic E-state index is 0.550. The summed E-state index contributed by atoms with van der Waals surface area (Å²) in [5.41, 5.74) is 1.33. The summed E-state index contributed by atoms with van der Waals surface area (Å²) in [6.07, 6.45) is 4.76. The molecule has 0 aliphatic heterocycles. The zero-order chi connectivity index (χ0) is 13.0. The molecule has 2 nitrogen and oxygen atoms in total. The number of methoxy groups -OCH3 is 1. The van der Waals surface area contributed by atoms with Gasteiger partial charge in [-0.3, -0.25) is 0 Å². The number of ether oxygens (including phenoxy) is 2. The van der Waals surface area contributed by atoms with Crippen molar-refractivity contribution in [1.82, 2.24) is 0 Å². The molecule has 18 heavy (non-hydrogen) atoms. The van der Waals surface area contributed by atoms with Crippen LogP contribution in [0.2, 0.25) is 0 Å². The maximum absolute atomic E-state index is 5.89. The molecule has 2 rings (SSSR count). The van der Waals surface area contributed by atoms with Crippen LogP contribution in [0.25, 0.3) is 0 Å². The lowest BCUT2D eigenvalue weighted by molar-refractivity contribution is 0.280. The topological polar surface area (TPSA) is 18.5 Å². The summed E-state index contributed by atoms with van der Waals surface area (Å²) < 4.78 is 11.3. The van der Waals surface area contributed by atoms with Gasteiger partial charge in [0, 0.05) is 0 Å². The van der Waals surface area contributed by atoms with E-state index >= 15 is 0 Å². The lowest BCUT2D eigenvalue weighted by atomic mass is 10.0. The Kier molecular flexibility index (Phi) is 4.81. The van der Waals surface area contributed by atoms with Gasteiger partial charge in [0.1, 0.15) is 0 Å². The Hall–Kier alpha value is -0.830. The highest BCUT2D eigenvalue weighted by molar-refractivity contribution is 7.98. The van der Waals surface area contributed by atoms with Crippen LogP contribution in [0.15, 0.2) is 18.2 Å². The summed E-state index contributed by atoms with van der Waals surface area (Å²) in [7, 11) is 1.70. The molecule has 1 aliphatic carbocycles. The SMILES string of the molecule is COc1ccc(C(C)CSC)cc1OCC1CC1. The van der Waals surface area contributed by atoms with Crippen molar-refractivity contribution in [2.24, 2.45) is 5.92 Å². The molecule has 1 aliphatic rings. The zero-order valence-electron chi connectivity index (χ0n) is 11.4. The van der Waals surface area contributed by atoms with Crippen LogP contribution < -0.4 is 9.47 Å². The molecule has 1 atom stereocenters. The molecule has 0 bridgehead atoms. The van der Waals surface area contributed by atoms with E-state index in [2.05, 4.69) is 25.3 Å². The summed E-state index contributed by atoms with van der Waals surface area (Å²) in [4.78, 5) is 0. The van der Waals surface area contributed by atoms with Crippen LogP contribution in [-0.4, -0.2) is 25.7 Å². The third kappa shape index (κ3) is 3.58. The second-order valence-electron chi connectivity index (χ2n) is 5.02. The predicted octanol–water partition coefficient (Wildman–Crippen LogP) is 3.95. The van der Waals surface area contributed by atoms with Crippen molar-refractivity contribution in [3.8, 4) is 11.5 Å². The van der Waals surface area contributed by atoms with Crippen LogP contribution in [0.3, 0.4) is 0 Å². The first-order valence-electron chi connectivity index (χ1n) is 6.54. The third-order valence-corrected chi connectivity index (χ3v) is 4.18. The molecule has 1 unspecified atom stereocenters. The van der Waals surface area contributed by atoms with Gasteiger partial charge in [-0.25, -0.2) is 0 Å². The number of rotatable bonds is 7. The van der Waals surface area contributed by atoms with Gasteiger partial charge in [0.25, 0.3) is 0 Å². The van der Waals surface area contributed by atoms with E-state index in [4.69, 9.17) is 9.47 Å². The van der Waals surface area contributed by atoms with Gasteiger partial charge in [-0.1, -0.05) is 13.0 Å². The molecule has 0 spiro atoms. The third-order valence-electron chi connectivity index (χ3n) is 3.34. The fraction of sp³-hybridized carbons (Fsp3) is 0.600. The molecule has 1 aromatic rings. The standard InChI is InChI=1S/C15H22O2S/c1-11(10-18-3)13-6-7-14(16-2)15(8-13)17-9-12-4-5-12/h6-8,11-12H,4-5,9-10H2,1-3H3. The largest absolute Gasteiger partial charge is 0.493 e. The van der Waals surface area contributed by atoms with Crippen LogP contribution in [0.1, 0.15) is 31.2 Å². The van der Waals surface area contributed by atoms with Crippen LogP contribution >= 0.6 is 11.8 Å². The van der Waals surface area contributed by atoms with Gasteiger partial charge in [0.2, 0.25) is 0 Å². The van der Waals surface area contributed by atoms with Crippen LogP contribution in [0.4, 0.5) is 0 Å². The van der Waals surface area contributed by atoms with Crippen LogP contribution in [0, 0.1) is 5.92 Å². The highest BCUT2D eigenvalue weighted by Crippen LogP contribution is 2.34. The summed E-state index contributed by atoms with van der Waals surface area (Å²) in [6.45, 7) is 3.08. The second kappa shape index (κ2) is 6.37. The van der Waals surface area contributed by atoms with Gasteiger partial charge in [0.05, 0.1) is 13.7 Å². The molecule has 1 fully saturated rings. The maximum Gasteiger partial charge on any atom is 0.161 e. The molecule has 0 heterocycles. The average Bonchev–Trinajstić information content (AvgIpc) is 3.20. The van der Waals surface area contributed by atoms with Crippen molar-refractivity contribution in [2.45, 2.75) is 25.7 Å². The molecule has 1 aromatic carbocycles. The first-order valence-corrected chi connectivity index (χ1v) is 7.93. The number of hydrogen-bond donors (Lipinski definition) is 0. The summed E-state index contributed by atoms with van der Waals surface area (Å²) in [5.74, 6) is 4.19. The second-order valence-corrected chi connectivity index (χ2v) is 5.93. The maximum atomic E-state index is 5.89. The molecule has 100 valence electrons. The Balaban J connectivity index is 2.09. The van der Waals surface area contributed by atoms with Crippen molar-refractivity contribution in [2.75, 3.05) is 25.7 Å². The summed E-state index contributed by atoms with van der Waals surface area (Å²) in [5, 5.41) is 0. The van der Waals surface area contributed by atoms with Gasteiger partial charge in [-0.15, -0.1) is 0 Å². The van der Waals surface area contributed by atoms with Gasteiger partial charge in [-0.05, 0) is 54.4 Å². The molecule has 3 heteroatoms. The van der Waals surface area contributed by atoms with E-state index in [-0.39, 0.29) is 0 Å². The Bertz CT molecular complexity index is 388. The van der Waals surface area contributed by atoms with E-state index in [0.717, 1.165) is 29.8 Å². The minimum atomic E-state index is 0.550. The molecule has 1 saturated carbocycles. The molecular formula is C15H22O2S. The molecule has 0 radical (unpaired) electrons. The monoisotopic (exact) mass is 266 g/mol. The van der Waals surface area contributed by atoms with E-state index in [9.17, 15) is 0 Å². The Morgan fingerprint density at radius 2 is 2.11 bits per heavy atom. The van der Waals surface area contributed by atoms with E-state index < -0.39 is 0 Å². The molecule has 0 amide bonds. The predicted molar refractivity (Wildman–Crippen MR) is 78.0 cm³/mol. The van der Waals surface area contributed by atoms with Gasteiger partial charge in [-0.2, -0.15) is 11.8 Å². The summed E-state index contributed by atoms with van der Waals surface area (Å²) >= 11 is 1.88. The Morgan fingerprint density at radius 3 is 2.72 bits per heavy atom. The Labute approximate surface area is 114 Å². The smallest absolute Gasteiger partial charge is 0.161 e. The molecule has 0 N–H and O–H groups in total. The lowest BCUT2D eigenvalue weighted by Gasteiger charge is -2.15. The van der Waals surface area contributed by atoms with E-state index in [1.54, 1.807) is 7.11 Å². The van der Waals surface area contributed by atoms with Crippen LogP contribution in [0.5, 0.6) is 11.5 Å². The highest BCUT2D eigenvalue weighted by atomic mass is 32.2. The summed E-state index contributed by atoms with van der Waals surface area (Å²) in [6, 6.07) is 6.31. The average molecular weight is 266 g/mol. The van der Waals surface area contributed by atoms with E-state index in [1.165, 1.54) is 18.4 Å². The quantitative estimate of drug-likeness (QED) is 0.744. The molecular weight excluding hydrogens is 244 g/mol. The van der Waals surface area contributed by atoms with Gasteiger partial charge in [0.15, 0.2) is 11.5 Å². The van der Waals surface area contributed by atoms with Crippen molar-refractivity contribution in [3.05, 3.63) is 23.8 Å². The van der Waals surface area contributed by atoms with Gasteiger partial charge >= 0.3 is 0 Å². The van der Waals surface area contributed by atoms with Crippen molar-refractivity contribution >= 4 is 11.8 Å². The van der Waals surface area contributed by atoms with Crippen LogP contribution in [-0.2, 0) is 0 Å².